The molecule has 0 fully saturated rings. The molecule has 10 nitrogen and oxygen atoms in total. The van der Waals surface area contributed by atoms with Crippen molar-refractivity contribution in [2.75, 3.05) is 14.1 Å². The zero-order valence-electron chi connectivity index (χ0n) is 27.2. The van der Waals surface area contributed by atoms with Crippen LogP contribution in [0.3, 0.4) is 0 Å². The van der Waals surface area contributed by atoms with Crippen molar-refractivity contribution in [2.45, 2.75) is 51.2 Å². The van der Waals surface area contributed by atoms with Crippen molar-refractivity contribution < 1.29 is 24.0 Å². The second kappa shape index (κ2) is 13.9. The highest BCUT2D eigenvalue weighted by atomic mass is 16.5. The Hall–Kier alpha value is -5.51. The summed E-state index contributed by atoms with van der Waals surface area (Å²) in [6.45, 7) is 5.00. The highest BCUT2D eigenvalue weighted by molar-refractivity contribution is 5.93. The van der Waals surface area contributed by atoms with Crippen molar-refractivity contribution in [3.8, 4) is 0 Å². The third kappa shape index (κ3) is 8.02. The molecular weight excluding hydrogens is 594 g/mol. The number of amides is 3. The van der Waals surface area contributed by atoms with E-state index in [1.807, 2.05) is 78.9 Å². The number of aryl methyl sites for hydroxylation is 1. The fourth-order valence-corrected chi connectivity index (χ4v) is 5.66. The first-order chi connectivity index (χ1) is 22.4. The number of carboxylic acid groups (broad SMARTS) is 1. The van der Waals surface area contributed by atoms with Crippen LogP contribution in [0.2, 0.25) is 0 Å². The largest absolute Gasteiger partial charge is 0.465 e. The van der Waals surface area contributed by atoms with Gasteiger partial charge in [0.2, 0.25) is 17.7 Å². The number of nitrogens with one attached hydrogen (secondary N) is 1. The van der Waals surface area contributed by atoms with E-state index < -0.39 is 29.6 Å². The molecule has 0 aliphatic carbocycles. The maximum Gasteiger partial charge on any atom is 0.405 e. The van der Waals surface area contributed by atoms with Crippen LogP contribution < -0.4 is 5.32 Å². The van der Waals surface area contributed by atoms with E-state index in [9.17, 15) is 19.5 Å². The van der Waals surface area contributed by atoms with Crippen molar-refractivity contribution in [1.29, 1.82) is 0 Å². The van der Waals surface area contributed by atoms with Crippen LogP contribution in [-0.4, -0.2) is 68.6 Å². The molecule has 0 radical (unpaired) electrons. The van der Waals surface area contributed by atoms with E-state index in [0.29, 0.717) is 18.1 Å². The molecule has 0 aliphatic heterocycles. The Morgan fingerprint density at radius 2 is 1.40 bits per heavy atom. The van der Waals surface area contributed by atoms with Gasteiger partial charge in [0, 0.05) is 33.0 Å². The summed E-state index contributed by atoms with van der Waals surface area (Å²) in [7, 11) is 3.27. The van der Waals surface area contributed by atoms with Gasteiger partial charge >= 0.3 is 6.09 Å². The van der Waals surface area contributed by atoms with Crippen LogP contribution in [0.4, 0.5) is 4.79 Å². The topological polar surface area (TPSA) is 129 Å². The molecule has 5 rings (SSSR count). The molecule has 5 aromatic rings. The maximum atomic E-state index is 14.6. The van der Waals surface area contributed by atoms with E-state index >= 15 is 0 Å². The summed E-state index contributed by atoms with van der Waals surface area (Å²) in [5.74, 6) is -0.0112. The summed E-state index contributed by atoms with van der Waals surface area (Å²) < 4.78 is 5.62. The molecule has 1 aromatic heterocycles. The Kier molecular flexibility index (Phi) is 9.70. The van der Waals surface area contributed by atoms with E-state index in [1.165, 1.54) is 17.1 Å². The Morgan fingerprint density at radius 3 is 1.94 bits per heavy atom. The second-order valence-corrected chi connectivity index (χ2v) is 12.4. The van der Waals surface area contributed by atoms with Crippen LogP contribution in [0.15, 0.2) is 102 Å². The lowest BCUT2D eigenvalue weighted by Gasteiger charge is -2.33. The van der Waals surface area contributed by atoms with Crippen LogP contribution in [0.25, 0.3) is 21.5 Å². The monoisotopic (exact) mass is 633 g/mol. The molecule has 2 N–H and O–H groups in total. The van der Waals surface area contributed by atoms with Crippen molar-refractivity contribution in [3.05, 3.63) is 120 Å². The first-order valence-electron chi connectivity index (χ1n) is 15.4. The highest BCUT2D eigenvalue weighted by Crippen LogP contribution is 2.27. The number of fused-ring (bicyclic) bond motifs is 2. The zero-order chi connectivity index (χ0) is 33.7. The Bertz CT molecular complexity index is 1950. The summed E-state index contributed by atoms with van der Waals surface area (Å²) in [5.41, 5.74) is 0.861. The van der Waals surface area contributed by atoms with Crippen molar-refractivity contribution in [2.24, 2.45) is 0 Å². The minimum Gasteiger partial charge on any atom is -0.465 e. The molecule has 47 heavy (non-hydrogen) atoms. The highest BCUT2D eigenvalue weighted by Gasteiger charge is 2.35. The van der Waals surface area contributed by atoms with Gasteiger partial charge in [0.15, 0.2) is 5.82 Å². The number of rotatable bonds is 11. The number of hydrogen-bond donors (Lipinski definition) is 2. The van der Waals surface area contributed by atoms with Crippen LogP contribution in [0.5, 0.6) is 0 Å². The molecule has 4 aromatic carbocycles. The van der Waals surface area contributed by atoms with E-state index in [-0.39, 0.29) is 12.3 Å². The van der Waals surface area contributed by atoms with Gasteiger partial charge in [-0.05, 0) is 53.4 Å². The molecule has 1 heterocycles. The number of likely N-dealkylation sites (N-methyl/N-ethyl adjacent to an activating group) is 2. The summed E-state index contributed by atoms with van der Waals surface area (Å²) in [4.78, 5) is 46.8. The third-order valence-electron chi connectivity index (χ3n) is 8.30. The molecule has 0 saturated carbocycles. The number of carbonyl (C=O) groups is 3. The lowest BCUT2D eigenvalue weighted by atomic mass is 9.97. The second-order valence-electron chi connectivity index (χ2n) is 12.4. The lowest BCUT2D eigenvalue weighted by Crippen LogP contribution is -2.50. The summed E-state index contributed by atoms with van der Waals surface area (Å²) in [6.07, 6.45) is 2.21. The van der Waals surface area contributed by atoms with Crippen molar-refractivity contribution in [1.82, 2.24) is 25.3 Å². The first-order valence-corrected chi connectivity index (χ1v) is 15.4. The smallest absolute Gasteiger partial charge is 0.405 e. The average Bonchev–Trinajstić information content (AvgIpc) is 3.49. The Balaban J connectivity index is 1.49. The summed E-state index contributed by atoms with van der Waals surface area (Å²) in [5, 5.41) is 19.8. The van der Waals surface area contributed by atoms with Gasteiger partial charge in [-0.2, -0.15) is 4.98 Å². The summed E-state index contributed by atoms with van der Waals surface area (Å²) >= 11 is 0. The average molecular weight is 634 g/mol. The molecule has 3 amide bonds. The number of benzene rings is 4. The lowest BCUT2D eigenvalue weighted by molar-refractivity contribution is -0.143. The predicted octanol–water partition coefficient (Wildman–Crippen LogP) is 6.10. The van der Waals surface area contributed by atoms with Crippen molar-refractivity contribution >= 4 is 39.5 Å². The van der Waals surface area contributed by atoms with Gasteiger partial charge in [-0.3, -0.25) is 9.59 Å². The molecule has 0 aliphatic rings. The van der Waals surface area contributed by atoms with Gasteiger partial charge in [-0.1, -0.05) is 96.2 Å². The Morgan fingerprint density at radius 1 is 0.851 bits per heavy atom. The SMILES string of the molecule is Cc1noc([C@@H](Cc2ccc3ccccc3c2)N(C)C(=O)[C@@H](Cc2ccc3ccccc3c2)N(C)C(=O)/C=C/C(C)(C)NC(=O)O)n1. The number of hydrogen-bond acceptors (Lipinski definition) is 6. The van der Waals surface area contributed by atoms with Crippen LogP contribution >= 0.6 is 0 Å². The molecule has 242 valence electrons. The third-order valence-corrected chi connectivity index (χ3v) is 8.30. The standard InChI is InChI=1S/C37H39N5O5/c1-24-38-34(47-40-24)31(22-25-14-16-27-10-6-8-12-29(27)20-25)42(5)35(44)32(23-26-15-17-28-11-7-9-13-30(28)21-26)41(4)33(43)18-19-37(2,3)39-36(45)46/h6-21,31-32,39H,22-23H2,1-5H3,(H,45,46)/b19-18+/t31-,32-/m1/s1. The van der Waals surface area contributed by atoms with E-state index in [4.69, 9.17) is 4.52 Å². The fourth-order valence-electron chi connectivity index (χ4n) is 5.66. The molecule has 0 unspecified atom stereocenters. The van der Waals surface area contributed by atoms with Crippen LogP contribution in [-0.2, 0) is 22.4 Å². The first kappa shape index (κ1) is 32.9. The zero-order valence-corrected chi connectivity index (χ0v) is 27.2. The minimum absolute atomic E-state index is 0.242. The number of aromatic nitrogens is 2. The number of nitrogens with zero attached hydrogens (tertiary/aromatic N) is 4. The molecule has 0 saturated heterocycles. The van der Waals surface area contributed by atoms with E-state index in [2.05, 4.69) is 21.5 Å². The Labute approximate surface area is 273 Å². The van der Waals surface area contributed by atoms with E-state index in [1.54, 1.807) is 39.8 Å². The van der Waals surface area contributed by atoms with Gasteiger partial charge in [0.1, 0.15) is 12.1 Å². The minimum atomic E-state index is -1.21. The maximum absolute atomic E-state index is 14.6. The quantitative estimate of drug-likeness (QED) is 0.168. The van der Waals surface area contributed by atoms with Gasteiger partial charge in [-0.15, -0.1) is 0 Å². The molecular formula is C37H39N5O5. The molecule has 0 spiro atoms. The summed E-state index contributed by atoms with van der Waals surface area (Å²) in [6, 6.07) is 26.7. The van der Waals surface area contributed by atoms with Crippen LogP contribution in [0, 0.1) is 6.92 Å². The fraction of sp³-hybridized carbons (Fsp3) is 0.270. The van der Waals surface area contributed by atoms with Crippen molar-refractivity contribution in [3.63, 3.8) is 0 Å². The normalized spacial score (nSPS) is 13.0. The number of carbonyl (C=O) groups excluding carboxylic acids is 2. The molecule has 10 heteroatoms. The van der Waals surface area contributed by atoms with Crippen LogP contribution in [0.1, 0.15) is 42.7 Å². The van der Waals surface area contributed by atoms with Gasteiger partial charge < -0.3 is 24.7 Å². The van der Waals surface area contributed by atoms with Gasteiger partial charge in [-0.25, -0.2) is 4.79 Å². The predicted molar refractivity (Wildman–Crippen MR) is 181 cm³/mol. The van der Waals surface area contributed by atoms with E-state index in [0.717, 1.165) is 32.7 Å². The van der Waals surface area contributed by atoms with Gasteiger partial charge in [0.25, 0.3) is 0 Å². The molecule has 2 atom stereocenters. The van der Waals surface area contributed by atoms with Gasteiger partial charge in [0.05, 0.1) is 5.54 Å². The molecule has 0 bridgehead atoms.